The van der Waals surface area contributed by atoms with Crippen LogP contribution in [-0.2, 0) is 14.3 Å². The van der Waals surface area contributed by atoms with Crippen molar-refractivity contribution in [1.29, 1.82) is 0 Å². The molecule has 1 saturated heterocycles. The average molecular weight is 334 g/mol. The number of ether oxygens (including phenoxy) is 1. The molecule has 1 aliphatic rings. The fraction of sp³-hybridized carbons (Fsp3) is 0.556. The van der Waals surface area contributed by atoms with Crippen LogP contribution in [0, 0.1) is 0 Å². The molecule has 0 aromatic heterocycles. The van der Waals surface area contributed by atoms with E-state index in [1.807, 2.05) is 44.2 Å². The van der Waals surface area contributed by atoms with Crippen LogP contribution < -0.4 is 0 Å². The molecule has 2 atom stereocenters. The molecule has 0 unspecified atom stereocenters. The third-order valence-corrected chi connectivity index (χ3v) is 4.23. The molecule has 1 aromatic rings. The smallest absolute Gasteiger partial charge is 0.253 e. The molecule has 2 amide bonds. The van der Waals surface area contributed by atoms with Crippen LogP contribution >= 0.6 is 0 Å². The molecule has 24 heavy (non-hydrogen) atoms. The number of amides is 2. The van der Waals surface area contributed by atoms with E-state index in [1.165, 1.54) is 0 Å². The number of benzene rings is 1. The predicted molar refractivity (Wildman–Crippen MR) is 90.2 cm³/mol. The van der Waals surface area contributed by atoms with Crippen molar-refractivity contribution >= 4 is 11.8 Å². The molecule has 1 heterocycles. The minimum absolute atomic E-state index is 0.0296. The van der Waals surface area contributed by atoms with Crippen molar-refractivity contribution in [1.82, 2.24) is 9.80 Å². The van der Waals surface area contributed by atoms with Crippen LogP contribution in [0.1, 0.15) is 31.9 Å². The molecule has 0 radical (unpaired) electrons. The first-order valence-electron chi connectivity index (χ1n) is 8.31. The molecule has 1 aliphatic heterocycles. The summed E-state index contributed by atoms with van der Waals surface area (Å²) < 4.78 is 5.66. The van der Waals surface area contributed by atoms with E-state index < -0.39 is 12.1 Å². The van der Waals surface area contributed by atoms with Gasteiger partial charge in [-0.25, -0.2) is 0 Å². The number of rotatable bonds is 6. The Kier molecular flexibility index (Phi) is 6.34. The molecule has 0 saturated carbocycles. The minimum Gasteiger partial charge on any atom is -0.396 e. The fourth-order valence-corrected chi connectivity index (χ4v) is 3.06. The summed E-state index contributed by atoms with van der Waals surface area (Å²) in [4.78, 5) is 28.5. The van der Waals surface area contributed by atoms with Gasteiger partial charge in [-0.15, -0.1) is 0 Å². The number of carbonyl (C=O) groups excluding carboxylic acids is 2. The van der Waals surface area contributed by atoms with E-state index in [1.54, 1.807) is 16.8 Å². The van der Waals surface area contributed by atoms with E-state index in [0.717, 1.165) is 5.56 Å². The fourth-order valence-electron chi connectivity index (χ4n) is 3.06. The monoisotopic (exact) mass is 334 g/mol. The SMILES string of the molecule is CC(C)N1C(=O)CO[C@H](C(=O)N(C)CCCO)[C@H]1c1ccccc1. The van der Waals surface area contributed by atoms with Crippen molar-refractivity contribution in [3.63, 3.8) is 0 Å². The van der Waals surface area contributed by atoms with E-state index in [-0.39, 0.29) is 31.1 Å². The van der Waals surface area contributed by atoms with Crippen molar-refractivity contribution in [2.75, 3.05) is 26.8 Å². The Morgan fingerprint density at radius 1 is 1.38 bits per heavy atom. The van der Waals surface area contributed by atoms with Gasteiger partial charge in [0.15, 0.2) is 6.10 Å². The summed E-state index contributed by atoms with van der Waals surface area (Å²) in [6, 6.07) is 9.03. The predicted octanol–water partition coefficient (Wildman–Crippen LogP) is 1.20. The van der Waals surface area contributed by atoms with Gasteiger partial charge >= 0.3 is 0 Å². The molecule has 2 rings (SSSR count). The van der Waals surface area contributed by atoms with Gasteiger partial charge in [0.05, 0.1) is 6.04 Å². The first-order chi connectivity index (χ1) is 11.5. The lowest BCUT2D eigenvalue weighted by Gasteiger charge is -2.43. The Morgan fingerprint density at radius 2 is 2.04 bits per heavy atom. The number of hydrogen-bond acceptors (Lipinski definition) is 4. The van der Waals surface area contributed by atoms with E-state index in [4.69, 9.17) is 9.84 Å². The lowest BCUT2D eigenvalue weighted by molar-refractivity contribution is -0.171. The third-order valence-electron chi connectivity index (χ3n) is 4.23. The van der Waals surface area contributed by atoms with Crippen LogP contribution in [0.4, 0.5) is 0 Å². The number of nitrogens with zero attached hydrogens (tertiary/aromatic N) is 2. The van der Waals surface area contributed by atoms with Crippen LogP contribution in [0.3, 0.4) is 0 Å². The average Bonchev–Trinajstić information content (AvgIpc) is 2.59. The maximum Gasteiger partial charge on any atom is 0.253 e. The van der Waals surface area contributed by atoms with E-state index in [0.29, 0.717) is 13.0 Å². The number of carbonyl (C=O) groups is 2. The zero-order valence-corrected chi connectivity index (χ0v) is 14.5. The van der Waals surface area contributed by atoms with E-state index in [9.17, 15) is 9.59 Å². The summed E-state index contributed by atoms with van der Waals surface area (Å²) >= 11 is 0. The number of hydrogen-bond donors (Lipinski definition) is 1. The maximum absolute atomic E-state index is 12.8. The summed E-state index contributed by atoms with van der Waals surface area (Å²) in [5.41, 5.74) is 0.883. The number of aliphatic hydroxyl groups is 1. The summed E-state index contributed by atoms with van der Waals surface area (Å²) in [7, 11) is 1.69. The highest BCUT2D eigenvalue weighted by Crippen LogP contribution is 2.32. The molecule has 6 heteroatoms. The topological polar surface area (TPSA) is 70.1 Å². The molecule has 6 nitrogen and oxygen atoms in total. The normalized spacial score (nSPS) is 21.2. The van der Waals surface area contributed by atoms with Crippen molar-refractivity contribution < 1.29 is 19.4 Å². The summed E-state index contributed by atoms with van der Waals surface area (Å²) in [5, 5.41) is 8.96. The first kappa shape index (κ1) is 18.4. The van der Waals surface area contributed by atoms with E-state index in [2.05, 4.69) is 0 Å². The van der Waals surface area contributed by atoms with Crippen molar-refractivity contribution in [3.8, 4) is 0 Å². The molecule has 0 bridgehead atoms. The van der Waals surface area contributed by atoms with Gasteiger partial charge < -0.3 is 19.6 Å². The van der Waals surface area contributed by atoms with Crippen LogP contribution in [-0.4, -0.2) is 65.7 Å². The van der Waals surface area contributed by atoms with Gasteiger partial charge in [0.25, 0.3) is 5.91 Å². The molecular weight excluding hydrogens is 308 g/mol. The van der Waals surface area contributed by atoms with Gasteiger partial charge in [-0.1, -0.05) is 30.3 Å². The quantitative estimate of drug-likeness (QED) is 0.849. The van der Waals surface area contributed by atoms with Crippen molar-refractivity contribution in [2.24, 2.45) is 0 Å². The highest BCUT2D eigenvalue weighted by molar-refractivity contribution is 5.86. The van der Waals surface area contributed by atoms with Crippen molar-refractivity contribution in [3.05, 3.63) is 35.9 Å². The molecule has 1 fully saturated rings. The largest absolute Gasteiger partial charge is 0.396 e. The summed E-state index contributed by atoms with van der Waals surface area (Å²) in [6.45, 7) is 4.27. The highest BCUT2D eigenvalue weighted by Gasteiger charge is 2.43. The third kappa shape index (κ3) is 3.94. The van der Waals surface area contributed by atoms with Gasteiger partial charge in [-0.05, 0) is 25.8 Å². The van der Waals surface area contributed by atoms with Crippen LogP contribution in [0.2, 0.25) is 0 Å². The molecule has 1 N–H and O–H groups in total. The van der Waals surface area contributed by atoms with Gasteiger partial charge in [0.1, 0.15) is 6.61 Å². The van der Waals surface area contributed by atoms with Gasteiger partial charge in [-0.2, -0.15) is 0 Å². The lowest BCUT2D eigenvalue weighted by Crippen LogP contribution is -2.56. The zero-order chi connectivity index (χ0) is 17.7. The standard InChI is InChI=1S/C18H26N2O4/c1-13(2)20-15(22)12-24-17(18(23)19(3)10-7-11-21)16(20)14-8-5-4-6-9-14/h4-6,8-9,13,16-17,21H,7,10-12H2,1-3H3/t16-,17+/m1/s1. The second kappa shape index (κ2) is 8.26. The minimum atomic E-state index is -0.740. The molecule has 0 spiro atoms. The second-order valence-corrected chi connectivity index (χ2v) is 6.32. The van der Waals surface area contributed by atoms with Crippen LogP contribution in [0.25, 0.3) is 0 Å². The molecule has 0 aliphatic carbocycles. The van der Waals surface area contributed by atoms with Crippen LogP contribution in [0.15, 0.2) is 30.3 Å². The number of likely N-dealkylation sites (N-methyl/N-ethyl adjacent to an activating group) is 1. The molecule has 1 aromatic carbocycles. The lowest BCUT2D eigenvalue weighted by atomic mass is 9.95. The maximum atomic E-state index is 12.8. The first-order valence-corrected chi connectivity index (χ1v) is 8.31. The molecule has 132 valence electrons. The van der Waals surface area contributed by atoms with Crippen molar-refractivity contribution in [2.45, 2.75) is 38.5 Å². The summed E-state index contributed by atoms with van der Waals surface area (Å²) in [6.07, 6.45) is -0.228. The van der Waals surface area contributed by atoms with Gasteiger partial charge in [-0.3, -0.25) is 9.59 Å². The Morgan fingerprint density at radius 3 is 2.62 bits per heavy atom. The second-order valence-electron chi connectivity index (χ2n) is 6.32. The number of aliphatic hydroxyl groups excluding tert-OH is 1. The molecular formula is C18H26N2O4. The Hall–Kier alpha value is -1.92. The van der Waals surface area contributed by atoms with Gasteiger partial charge in [0.2, 0.25) is 5.91 Å². The number of morpholine rings is 1. The van der Waals surface area contributed by atoms with Crippen LogP contribution in [0.5, 0.6) is 0 Å². The van der Waals surface area contributed by atoms with E-state index >= 15 is 0 Å². The highest BCUT2D eigenvalue weighted by atomic mass is 16.5. The zero-order valence-electron chi connectivity index (χ0n) is 14.5. The van der Waals surface area contributed by atoms with Gasteiger partial charge in [0, 0.05) is 26.2 Å². The Labute approximate surface area is 143 Å². The Bertz CT molecular complexity index is 561. The Balaban J connectivity index is 2.33. The summed E-state index contributed by atoms with van der Waals surface area (Å²) in [5.74, 6) is -0.281.